The van der Waals surface area contributed by atoms with E-state index in [0.29, 0.717) is 0 Å². The van der Waals surface area contributed by atoms with Gasteiger partial charge in [-0.2, -0.15) is 4.31 Å². The first-order valence-electron chi connectivity index (χ1n) is 16.2. The van der Waals surface area contributed by atoms with Crippen LogP contribution in [0.5, 0.6) is 0 Å². The number of imidazole rings is 1. The van der Waals surface area contributed by atoms with E-state index in [2.05, 4.69) is 34.4 Å². The number of aromatic nitrogens is 4. The summed E-state index contributed by atoms with van der Waals surface area (Å²) in [5.41, 5.74) is 4.19. The summed E-state index contributed by atoms with van der Waals surface area (Å²) in [6.45, 7) is 1.68. The van der Waals surface area contributed by atoms with Gasteiger partial charge in [-0.3, -0.25) is 37.3 Å². The van der Waals surface area contributed by atoms with E-state index in [4.69, 9.17) is 24.6 Å². The van der Waals surface area contributed by atoms with Crippen LogP contribution in [0, 0.1) is 11.3 Å². The lowest BCUT2D eigenvalue weighted by Gasteiger charge is -2.30. The number of aliphatic carboxylic acids is 1. The highest BCUT2D eigenvalue weighted by Gasteiger charge is 2.50. The van der Waals surface area contributed by atoms with E-state index in [-0.39, 0.29) is 48.7 Å². The van der Waals surface area contributed by atoms with Crippen LogP contribution in [-0.4, -0.2) is 134 Å². The molecular weight excluding hydrogens is 839 g/mol. The number of rotatable bonds is 22. The van der Waals surface area contributed by atoms with Gasteiger partial charge < -0.3 is 56.0 Å². The minimum Gasteiger partial charge on any atom is -0.481 e. The molecule has 316 valence electrons. The zero-order chi connectivity index (χ0) is 42.2. The molecule has 2 amide bonds. The van der Waals surface area contributed by atoms with E-state index >= 15 is 0 Å². The van der Waals surface area contributed by atoms with Crippen molar-refractivity contribution in [3.8, 4) is 0 Å². The van der Waals surface area contributed by atoms with Gasteiger partial charge in [0.15, 0.2) is 17.7 Å². The summed E-state index contributed by atoms with van der Waals surface area (Å²) in [7, 11) is -16.5. The summed E-state index contributed by atoms with van der Waals surface area (Å²) in [5.74, 6) is -3.92. The normalized spacial score (nSPS) is 22.2. The van der Waals surface area contributed by atoms with Crippen LogP contribution in [0.1, 0.15) is 39.8 Å². The molecule has 0 spiro atoms. The van der Waals surface area contributed by atoms with Crippen molar-refractivity contribution in [2.24, 2.45) is 11.3 Å². The molecule has 30 heteroatoms. The maximum atomic E-state index is 12.7. The average molecular weight is 882 g/mol. The lowest BCUT2D eigenvalue weighted by molar-refractivity contribution is -0.144. The fourth-order valence-electron chi connectivity index (χ4n) is 4.82. The van der Waals surface area contributed by atoms with Gasteiger partial charge in [0.1, 0.15) is 42.2 Å². The van der Waals surface area contributed by atoms with Crippen molar-refractivity contribution >= 4 is 75.1 Å². The van der Waals surface area contributed by atoms with Gasteiger partial charge >= 0.3 is 29.4 Å². The molecule has 0 radical (unpaired) electrons. The van der Waals surface area contributed by atoms with Crippen molar-refractivity contribution in [1.29, 1.82) is 0 Å². The molecule has 56 heavy (non-hydrogen) atoms. The van der Waals surface area contributed by atoms with Crippen LogP contribution in [0.4, 0.5) is 5.82 Å². The third kappa shape index (κ3) is 13.6. The van der Waals surface area contributed by atoms with Crippen LogP contribution in [-0.2, 0) is 55.5 Å². The molecule has 2 aromatic rings. The Bertz CT molecular complexity index is 1880. The maximum absolute atomic E-state index is 12.7. The number of nitrogen functional groups attached to an aromatic ring is 1. The third-order valence-corrected chi connectivity index (χ3v) is 11.8. The van der Waals surface area contributed by atoms with Crippen molar-refractivity contribution in [2.45, 2.75) is 64.3 Å². The zero-order valence-electron chi connectivity index (χ0n) is 29.7. The molecule has 4 unspecified atom stereocenters. The quantitative estimate of drug-likeness (QED) is 0.0376. The largest absolute Gasteiger partial charge is 0.481 e. The third-order valence-electron chi connectivity index (χ3n) is 7.74. The van der Waals surface area contributed by atoms with Gasteiger partial charge in [-0.05, 0) is 6.42 Å². The topological polar surface area (TPSA) is 401 Å². The van der Waals surface area contributed by atoms with Crippen LogP contribution in [0.25, 0.3) is 11.2 Å². The standard InChI is InChI=1S/C26H42N7O19P3S/c1-4-13(24(38)39)25(40)56-8-7-28-15(34)5-6-29-22(37)19(36)26(2,3)10-49-55(46,47)52-54(44,45)48-9-14-18(51-53(41,42)43)17(35)23(50-14)33-12-32-16-20(27)30-11-31-21(16)33/h11-14,17-19,23,35-36H,4-10H2,1-3H3,(H,28,34)(H,29,37)(H,38,39)(H,44,45)(H,46,47)(H2,27,30,31)(H2,41,42,43)/t13?,14-,17-,18-,19?,23-/m1/s1. The number of carboxylic acids is 1. The molecule has 26 nitrogen and oxygen atoms in total. The van der Waals surface area contributed by atoms with Gasteiger partial charge in [-0.15, -0.1) is 0 Å². The number of fused-ring (bicyclic) bond motifs is 1. The zero-order valence-corrected chi connectivity index (χ0v) is 33.2. The highest BCUT2D eigenvalue weighted by atomic mass is 32.2. The number of nitrogens with two attached hydrogens (primary N) is 1. The first kappa shape index (κ1) is 47.4. The monoisotopic (exact) mass is 881 g/mol. The Hall–Kier alpha value is -2.97. The van der Waals surface area contributed by atoms with Crippen molar-refractivity contribution < 1.29 is 90.4 Å². The number of carbonyl (C=O) groups excluding carboxylic acids is 3. The van der Waals surface area contributed by atoms with E-state index in [0.717, 1.165) is 29.0 Å². The summed E-state index contributed by atoms with van der Waals surface area (Å²) in [6.07, 6.45) is -7.01. The van der Waals surface area contributed by atoms with Crippen LogP contribution in [0.2, 0.25) is 0 Å². The second kappa shape index (κ2) is 19.7. The highest BCUT2D eigenvalue weighted by molar-refractivity contribution is 8.13. The molecule has 2 aromatic heterocycles. The number of hydrogen-bond donors (Lipinski definition) is 10. The fraction of sp³-hybridized carbons (Fsp3) is 0.654. The summed E-state index contributed by atoms with van der Waals surface area (Å²) in [4.78, 5) is 98.4. The van der Waals surface area contributed by atoms with Crippen molar-refractivity contribution in [3.05, 3.63) is 12.7 Å². The molecule has 1 fully saturated rings. The molecule has 0 aliphatic carbocycles. The van der Waals surface area contributed by atoms with Gasteiger partial charge in [-0.25, -0.2) is 28.6 Å². The lowest BCUT2D eigenvalue weighted by Crippen LogP contribution is -2.46. The lowest BCUT2D eigenvalue weighted by atomic mass is 9.87. The molecule has 0 saturated carbocycles. The van der Waals surface area contributed by atoms with E-state index in [1.165, 1.54) is 13.8 Å². The van der Waals surface area contributed by atoms with Crippen LogP contribution >= 0.6 is 35.2 Å². The number of amides is 2. The van der Waals surface area contributed by atoms with E-state index < -0.39 is 102 Å². The Morgan fingerprint density at radius 2 is 1.71 bits per heavy atom. The molecule has 8 atom stereocenters. The predicted molar refractivity (Wildman–Crippen MR) is 189 cm³/mol. The minimum absolute atomic E-state index is 0.0186. The Labute approximate surface area is 321 Å². The molecule has 3 heterocycles. The minimum atomic E-state index is -5.59. The summed E-state index contributed by atoms with van der Waals surface area (Å²) in [5, 5.41) is 34.6. The summed E-state index contributed by atoms with van der Waals surface area (Å²) in [6, 6.07) is 0. The highest BCUT2D eigenvalue weighted by Crippen LogP contribution is 2.61. The van der Waals surface area contributed by atoms with E-state index in [1.807, 2.05) is 0 Å². The Morgan fingerprint density at radius 3 is 2.34 bits per heavy atom. The Morgan fingerprint density at radius 1 is 1.05 bits per heavy atom. The number of hydrogen-bond acceptors (Lipinski definition) is 19. The molecular formula is C26H42N7O19P3S. The molecule has 1 aliphatic rings. The molecule has 3 rings (SSSR count). The second-order valence-electron chi connectivity index (χ2n) is 12.5. The van der Waals surface area contributed by atoms with Crippen molar-refractivity contribution in [1.82, 2.24) is 30.2 Å². The van der Waals surface area contributed by atoms with Gasteiger partial charge in [0.25, 0.3) is 0 Å². The molecule has 11 N–H and O–H groups in total. The first-order valence-corrected chi connectivity index (χ1v) is 21.7. The van der Waals surface area contributed by atoms with Gasteiger partial charge in [-0.1, -0.05) is 32.5 Å². The fourth-order valence-corrected chi connectivity index (χ4v) is 8.53. The number of phosphoric acid groups is 3. The predicted octanol–water partition coefficient (Wildman–Crippen LogP) is -1.22. The number of aliphatic hydroxyl groups excluding tert-OH is 2. The number of carboxylic acid groups (broad SMARTS) is 1. The number of ether oxygens (including phenoxy) is 1. The van der Waals surface area contributed by atoms with Gasteiger partial charge in [0.2, 0.25) is 16.9 Å². The summed E-state index contributed by atoms with van der Waals surface area (Å²) < 4.78 is 61.9. The van der Waals surface area contributed by atoms with Crippen molar-refractivity contribution in [3.63, 3.8) is 0 Å². The molecule has 0 bridgehead atoms. The summed E-state index contributed by atoms with van der Waals surface area (Å²) >= 11 is 0.750. The Kier molecular flexibility index (Phi) is 16.6. The number of nitrogens with zero attached hydrogens (tertiary/aromatic N) is 4. The molecule has 1 saturated heterocycles. The number of nitrogens with one attached hydrogen (secondary N) is 2. The molecule has 0 aromatic carbocycles. The number of phosphoric ester groups is 3. The number of aliphatic hydroxyl groups is 2. The average Bonchev–Trinajstić information content (AvgIpc) is 3.64. The van der Waals surface area contributed by atoms with Crippen molar-refractivity contribution in [2.75, 3.05) is 37.8 Å². The van der Waals surface area contributed by atoms with Crippen LogP contribution in [0.15, 0.2) is 12.7 Å². The van der Waals surface area contributed by atoms with E-state index in [9.17, 15) is 62.7 Å². The smallest absolute Gasteiger partial charge is 0.481 e. The van der Waals surface area contributed by atoms with Gasteiger partial charge in [0.05, 0.1) is 19.5 Å². The molecule has 1 aliphatic heterocycles. The van der Waals surface area contributed by atoms with Crippen LogP contribution < -0.4 is 16.4 Å². The first-order chi connectivity index (χ1) is 25.9. The SMILES string of the molecule is CCC(C(=O)O)C(=O)SCCNC(=O)CCNC(=O)C(O)C(C)(C)COP(=O)(O)OP(=O)(O)OC[C@H]1O[C@@H](n2cnc3c(N)ncnc32)[C@H](O)[C@@H]1OP(=O)(O)O. The maximum Gasteiger partial charge on any atom is 0.481 e. The number of carbonyl (C=O) groups is 4. The van der Waals surface area contributed by atoms with Crippen LogP contribution in [0.3, 0.4) is 0 Å². The second-order valence-corrected chi connectivity index (χ2v) is 17.9. The number of thioether (sulfide) groups is 1. The number of anilines is 1. The Balaban J connectivity index is 1.49. The van der Waals surface area contributed by atoms with E-state index in [1.54, 1.807) is 6.92 Å². The van der Waals surface area contributed by atoms with Gasteiger partial charge in [0, 0.05) is 30.7 Å².